The zero-order valence-corrected chi connectivity index (χ0v) is 16.1. The Morgan fingerprint density at radius 3 is 2.62 bits per heavy atom. The number of para-hydroxylation sites is 1. The number of fused-ring (bicyclic) bond motifs is 1. The van der Waals surface area contributed by atoms with Gasteiger partial charge in [-0.3, -0.25) is 9.59 Å². The summed E-state index contributed by atoms with van der Waals surface area (Å²) in [6, 6.07) is 8.44. The van der Waals surface area contributed by atoms with Crippen molar-refractivity contribution in [2.45, 2.75) is 18.0 Å². The standard InChI is InChI=1S/C17H16N4O7S/c1-9-12(14(23)24)21-15(25)17(27-2,16(21)29(26)13(9)20-18)19-11(22)8-28-10-6-4-3-5-7-10/h3-7,16H,8H2,1-2H3,(H,19,22)(H,23,24)/t16-,17?,29?/m1/s1. The molecule has 2 aliphatic heterocycles. The van der Waals surface area contributed by atoms with Gasteiger partial charge in [0.05, 0.1) is 0 Å². The van der Waals surface area contributed by atoms with Crippen molar-refractivity contribution in [3.63, 3.8) is 0 Å². The molecule has 11 nitrogen and oxygen atoms in total. The van der Waals surface area contributed by atoms with Gasteiger partial charge in [-0.1, -0.05) is 18.2 Å². The molecule has 2 unspecified atom stereocenters. The molecule has 0 spiro atoms. The van der Waals surface area contributed by atoms with Crippen LogP contribution in [-0.4, -0.2) is 67.0 Å². The Bertz CT molecular complexity index is 960. The van der Waals surface area contributed by atoms with Crippen LogP contribution in [0, 0.1) is 0 Å². The second-order valence-electron chi connectivity index (χ2n) is 6.10. The van der Waals surface area contributed by atoms with E-state index in [1.807, 2.05) is 0 Å². The van der Waals surface area contributed by atoms with Gasteiger partial charge in [0, 0.05) is 7.11 Å². The number of ether oxygens (including phenoxy) is 2. The van der Waals surface area contributed by atoms with Crippen LogP contribution in [0.15, 0.2) is 41.6 Å². The number of aliphatic carboxylic acids is 1. The van der Waals surface area contributed by atoms with Crippen LogP contribution in [-0.2, 0) is 30.3 Å². The molecule has 3 atom stereocenters. The number of carbonyl (C=O) groups is 3. The maximum absolute atomic E-state index is 12.8. The smallest absolute Gasteiger partial charge is 0.490 e. The van der Waals surface area contributed by atoms with Gasteiger partial charge in [-0.05, 0) is 19.1 Å². The number of nitrogens with one attached hydrogen (secondary N) is 1. The van der Waals surface area contributed by atoms with Gasteiger partial charge < -0.3 is 30.0 Å². The number of carboxylic acid groups (broad SMARTS) is 1. The van der Waals surface area contributed by atoms with Gasteiger partial charge in [-0.25, -0.2) is 9.69 Å². The average molecular weight is 420 g/mol. The number of carboxylic acids is 1. The van der Waals surface area contributed by atoms with Gasteiger partial charge in [-0.2, -0.15) is 0 Å². The molecule has 12 heteroatoms. The molecule has 2 aliphatic rings. The summed E-state index contributed by atoms with van der Waals surface area (Å²) in [7, 11) is 1.10. The average Bonchev–Trinajstić information content (AvgIpc) is 2.70. The summed E-state index contributed by atoms with van der Waals surface area (Å²) in [4.78, 5) is 40.4. The predicted octanol–water partition coefficient (Wildman–Crippen LogP) is -0.558. The fraction of sp³-hybridized carbons (Fsp3) is 0.294. The molecule has 0 aromatic heterocycles. The highest BCUT2D eigenvalue weighted by Gasteiger charge is 2.75. The topological polar surface area (TPSA) is 165 Å². The molecular formula is C17H16N4O7S. The van der Waals surface area contributed by atoms with Crippen molar-refractivity contribution < 1.29 is 38.3 Å². The number of amides is 2. The molecule has 0 radical (unpaired) electrons. The SMILES string of the molecule is COC1(NC(=O)COc2ccccc2)C(=O)N2C(C(=O)O)=C(C)C(=[N+]=[N-])[S+]([O-])[C@@H]21. The lowest BCUT2D eigenvalue weighted by molar-refractivity contribution is -0.193. The number of methoxy groups -OCH3 is 1. The summed E-state index contributed by atoms with van der Waals surface area (Å²) in [5, 5.41) is 9.92. The predicted molar refractivity (Wildman–Crippen MR) is 97.6 cm³/mol. The summed E-state index contributed by atoms with van der Waals surface area (Å²) in [5.74, 6) is -2.74. The van der Waals surface area contributed by atoms with Gasteiger partial charge in [-0.15, -0.1) is 4.79 Å². The molecule has 1 fully saturated rings. The van der Waals surface area contributed by atoms with Gasteiger partial charge in [0.25, 0.3) is 22.9 Å². The Hall–Kier alpha value is -3.18. The van der Waals surface area contributed by atoms with Crippen LogP contribution in [0.4, 0.5) is 0 Å². The number of rotatable bonds is 6. The van der Waals surface area contributed by atoms with Gasteiger partial charge >= 0.3 is 11.0 Å². The van der Waals surface area contributed by atoms with Crippen LogP contribution < -0.4 is 10.1 Å². The summed E-state index contributed by atoms with van der Waals surface area (Å²) in [6.45, 7) is 0.794. The number of hydrogen-bond acceptors (Lipinski definition) is 6. The fourth-order valence-electron chi connectivity index (χ4n) is 3.15. The van der Waals surface area contributed by atoms with E-state index >= 15 is 0 Å². The molecule has 2 amide bonds. The molecule has 2 heterocycles. The lowest BCUT2D eigenvalue weighted by Gasteiger charge is -2.52. The van der Waals surface area contributed by atoms with E-state index in [1.54, 1.807) is 30.3 Å². The first kappa shape index (κ1) is 20.6. The van der Waals surface area contributed by atoms with Crippen molar-refractivity contribution in [1.29, 1.82) is 0 Å². The molecule has 3 rings (SSSR count). The molecule has 29 heavy (non-hydrogen) atoms. The minimum atomic E-state index is -2.18. The first-order valence-electron chi connectivity index (χ1n) is 8.23. The fourth-order valence-corrected chi connectivity index (χ4v) is 4.79. The van der Waals surface area contributed by atoms with Crippen molar-refractivity contribution in [3.05, 3.63) is 47.1 Å². The quantitative estimate of drug-likeness (QED) is 0.205. The Morgan fingerprint density at radius 2 is 2.07 bits per heavy atom. The van der Waals surface area contributed by atoms with E-state index in [0.29, 0.717) is 5.75 Å². The van der Waals surface area contributed by atoms with E-state index in [4.69, 9.17) is 9.47 Å². The molecule has 0 saturated carbocycles. The molecule has 0 bridgehead atoms. The molecule has 1 aromatic carbocycles. The monoisotopic (exact) mass is 420 g/mol. The Balaban J connectivity index is 1.87. The molecule has 152 valence electrons. The zero-order chi connectivity index (χ0) is 21.3. The lowest BCUT2D eigenvalue weighted by Crippen LogP contribution is -2.84. The van der Waals surface area contributed by atoms with Gasteiger partial charge in [0.1, 0.15) is 28.2 Å². The third-order valence-corrected chi connectivity index (χ3v) is 6.20. The number of carbonyl (C=O) groups excluding carboxylic acids is 2. The number of benzene rings is 1. The Labute approximate surface area is 167 Å². The third kappa shape index (κ3) is 3.17. The van der Waals surface area contributed by atoms with Crippen molar-refractivity contribution in [3.8, 4) is 5.75 Å². The highest BCUT2D eigenvalue weighted by molar-refractivity contribution is 8.07. The van der Waals surface area contributed by atoms with Crippen LogP contribution in [0.25, 0.3) is 5.53 Å². The molecular weight excluding hydrogens is 404 g/mol. The van der Waals surface area contributed by atoms with E-state index in [1.165, 1.54) is 6.92 Å². The second-order valence-corrected chi connectivity index (χ2v) is 7.53. The van der Waals surface area contributed by atoms with Gasteiger partial charge in [0.2, 0.25) is 0 Å². The highest BCUT2D eigenvalue weighted by atomic mass is 32.2. The number of hydrogen-bond donors (Lipinski definition) is 2. The minimum absolute atomic E-state index is 0.133. The Kier molecular flexibility index (Phi) is 5.44. The lowest BCUT2D eigenvalue weighted by atomic mass is 9.98. The molecule has 2 N–H and O–H groups in total. The van der Waals surface area contributed by atoms with Gasteiger partial charge in [0.15, 0.2) is 6.61 Å². The summed E-state index contributed by atoms with van der Waals surface area (Å²) < 4.78 is 23.3. The molecule has 0 aliphatic carbocycles. The maximum Gasteiger partial charge on any atom is 0.490 e. The van der Waals surface area contributed by atoms with Crippen LogP contribution in [0.5, 0.6) is 5.75 Å². The molecule has 1 aromatic rings. The largest absolute Gasteiger partial charge is 0.604 e. The van der Waals surface area contributed by atoms with E-state index in [9.17, 15) is 29.6 Å². The first-order valence-corrected chi connectivity index (χ1v) is 9.44. The van der Waals surface area contributed by atoms with E-state index in [0.717, 1.165) is 12.0 Å². The van der Waals surface area contributed by atoms with E-state index in [-0.39, 0.29) is 5.57 Å². The van der Waals surface area contributed by atoms with E-state index in [2.05, 4.69) is 10.1 Å². The van der Waals surface area contributed by atoms with Crippen LogP contribution >= 0.6 is 0 Å². The van der Waals surface area contributed by atoms with Crippen LogP contribution in [0.1, 0.15) is 6.92 Å². The summed E-state index contributed by atoms with van der Waals surface area (Å²) >= 11 is -2.18. The minimum Gasteiger partial charge on any atom is -0.604 e. The van der Waals surface area contributed by atoms with Crippen molar-refractivity contribution in [2.24, 2.45) is 0 Å². The summed E-state index contributed by atoms with van der Waals surface area (Å²) in [5.41, 5.74) is 6.44. The summed E-state index contributed by atoms with van der Waals surface area (Å²) in [6.07, 6.45) is 0. The zero-order valence-electron chi connectivity index (χ0n) is 15.3. The highest BCUT2D eigenvalue weighted by Crippen LogP contribution is 2.43. The number of nitrogens with zero attached hydrogens (tertiary/aromatic N) is 3. The van der Waals surface area contributed by atoms with Crippen molar-refractivity contribution in [2.75, 3.05) is 13.7 Å². The third-order valence-electron chi connectivity index (χ3n) is 4.48. The first-order chi connectivity index (χ1) is 13.8. The molecule has 1 saturated heterocycles. The van der Waals surface area contributed by atoms with Crippen molar-refractivity contribution in [1.82, 2.24) is 10.2 Å². The normalized spacial score (nSPS) is 25.7. The second kappa shape index (κ2) is 7.68. The van der Waals surface area contributed by atoms with Crippen LogP contribution in [0.2, 0.25) is 0 Å². The van der Waals surface area contributed by atoms with E-state index < -0.39 is 57.4 Å². The van der Waals surface area contributed by atoms with Crippen molar-refractivity contribution >= 4 is 34.0 Å². The Morgan fingerprint density at radius 1 is 1.41 bits per heavy atom. The number of β-lactam (4-membered cyclic amide) rings is 1. The maximum atomic E-state index is 12.8. The van der Waals surface area contributed by atoms with Crippen LogP contribution in [0.3, 0.4) is 0 Å².